The summed E-state index contributed by atoms with van der Waals surface area (Å²) in [6.07, 6.45) is 1.23. The zero-order valence-electron chi connectivity index (χ0n) is 15.8. The Hall–Kier alpha value is -2.80. The lowest BCUT2D eigenvalue weighted by Gasteiger charge is -2.37. The fraction of sp³-hybridized carbons (Fsp3) is 0.318. The lowest BCUT2D eigenvalue weighted by atomic mass is 9.74. The number of aromatic nitrogens is 1. The van der Waals surface area contributed by atoms with Crippen molar-refractivity contribution < 1.29 is 23.1 Å². The standard InChI is InChI=1S/C22H21F3N2O2/c1-11(10-28)22(29)26-16-6-13(7-16)19-17-8-15(24)9-18(25)21(17)27-20(19)12-2-4-14(23)5-3-12/h2-5,8-9,11,13,16,27-28H,6-7,10H2,1H3,(H,26,29). The van der Waals surface area contributed by atoms with E-state index < -0.39 is 17.6 Å². The fourth-order valence-electron chi connectivity index (χ4n) is 3.91. The van der Waals surface area contributed by atoms with E-state index in [-0.39, 0.29) is 35.8 Å². The number of hydrogen-bond acceptors (Lipinski definition) is 2. The molecule has 1 heterocycles. The largest absolute Gasteiger partial charge is 0.396 e. The molecule has 4 rings (SSSR count). The SMILES string of the molecule is CC(CO)C(=O)NC1CC(c2c(-c3ccc(F)cc3)[nH]c3c(F)cc(F)cc23)C1. The summed E-state index contributed by atoms with van der Waals surface area (Å²) in [5.74, 6) is -2.45. The zero-order valence-corrected chi connectivity index (χ0v) is 15.8. The highest BCUT2D eigenvalue weighted by atomic mass is 19.1. The summed E-state index contributed by atoms with van der Waals surface area (Å²) < 4.78 is 41.6. The van der Waals surface area contributed by atoms with Crippen LogP contribution in [0.1, 0.15) is 31.2 Å². The number of hydrogen-bond donors (Lipinski definition) is 3. The molecule has 2 aromatic carbocycles. The van der Waals surface area contributed by atoms with E-state index in [4.69, 9.17) is 5.11 Å². The maximum atomic E-state index is 14.4. The van der Waals surface area contributed by atoms with Crippen LogP contribution >= 0.6 is 0 Å². The van der Waals surface area contributed by atoms with E-state index in [1.165, 1.54) is 18.2 Å². The molecule has 1 fully saturated rings. The first-order valence-corrected chi connectivity index (χ1v) is 9.55. The number of H-pyrrole nitrogens is 1. The highest BCUT2D eigenvalue weighted by Crippen LogP contribution is 2.45. The van der Waals surface area contributed by atoms with E-state index in [0.29, 0.717) is 29.5 Å². The van der Waals surface area contributed by atoms with Crippen LogP contribution in [0.2, 0.25) is 0 Å². The summed E-state index contributed by atoms with van der Waals surface area (Å²) in [5, 5.41) is 12.4. The quantitative estimate of drug-likeness (QED) is 0.598. The average molecular weight is 402 g/mol. The van der Waals surface area contributed by atoms with Gasteiger partial charge in [-0.25, -0.2) is 13.2 Å². The van der Waals surface area contributed by atoms with Crippen LogP contribution in [0.4, 0.5) is 13.2 Å². The Morgan fingerprint density at radius 2 is 1.86 bits per heavy atom. The molecule has 0 radical (unpaired) electrons. The van der Waals surface area contributed by atoms with Gasteiger partial charge in [-0.05, 0) is 60.2 Å². The van der Waals surface area contributed by atoms with E-state index in [1.807, 2.05) is 0 Å². The Labute approximate surface area is 165 Å². The Bertz CT molecular complexity index is 1060. The summed E-state index contributed by atoms with van der Waals surface area (Å²) in [4.78, 5) is 15.0. The second kappa shape index (κ2) is 7.55. The summed E-state index contributed by atoms with van der Waals surface area (Å²) in [7, 11) is 0. The molecule has 152 valence electrons. The van der Waals surface area contributed by atoms with Crippen molar-refractivity contribution in [2.75, 3.05) is 6.61 Å². The molecule has 0 spiro atoms. The normalized spacial score (nSPS) is 19.8. The molecule has 1 saturated carbocycles. The highest BCUT2D eigenvalue weighted by Gasteiger charge is 2.36. The number of aliphatic hydroxyl groups is 1. The van der Waals surface area contributed by atoms with Crippen molar-refractivity contribution in [2.45, 2.75) is 31.7 Å². The molecule has 29 heavy (non-hydrogen) atoms. The fourth-order valence-corrected chi connectivity index (χ4v) is 3.91. The molecule has 0 saturated heterocycles. The van der Waals surface area contributed by atoms with Gasteiger partial charge < -0.3 is 15.4 Å². The van der Waals surface area contributed by atoms with Crippen molar-refractivity contribution in [3.63, 3.8) is 0 Å². The molecule has 4 nitrogen and oxygen atoms in total. The van der Waals surface area contributed by atoms with Crippen molar-refractivity contribution in [2.24, 2.45) is 5.92 Å². The van der Waals surface area contributed by atoms with Crippen molar-refractivity contribution in [3.05, 3.63) is 59.4 Å². The summed E-state index contributed by atoms with van der Waals surface area (Å²) in [6, 6.07) is 7.90. The van der Waals surface area contributed by atoms with Gasteiger partial charge in [0.15, 0.2) is 0 Å². The predicted octanol–water partition coefficient (Wildman–Crippen LogP) is 4.24. The molecule has 3 aromatic rings. The van der Waals surface area contributed by atoms with Crippen LogP contribution in [0, 0.1) is 23.4 Å². The number of fused-ring (bicyclic) bond motifs is 1. The molecule has 3 N–H and O–H groups in total. The Kier molecular flexibility index (Phi) is 5.08. The van der Waals surface area contributed by atoms with Crippen molar-refractivity contribution in [1.82, 2.24) is 10.3 Å². The first kappa shape index (κ1) is 19.5. The predicted molar refractivity (Wildman–Crippen MR) is 104 cm³/mol. The van der Waals surface area contributed by atoms with Crippen LogP contribution in [0.25, 0.3) is 22.2 Å². The second-order valence-corrected chi connectivity index (χ2v) is 7.69. The van der Waals surface area contributed by atoms with Gasteiger partial charge in [-0.3, -0.25) is 4.79 Å². The second-order valence-electron chi connectivity index (χ2n) is 7.69. The Balaban J connectivity index is 1.69. The topological polar surface area (TPSA) is 65.1 Å². The lowest BCUT2D eigenvalue weighted by molar-refractivity contribution is -0.126. The van der Waals surface area contributed by atoms with Gasteiger partial charge in [0.25, 0.3) is 0 Å². The van der Waals surface area contributed by atoms with E-state index in [9.17, 15) is 18.0 Å². The van der Waals surface area contributed by atoms with Crippen molar-refractivity contribution in [3.8, 4) is 11.3 Å². The van der Waals surface area contributed by atoms with E-state index in [2.05, 4.69) is 10.3 Å². The molecule has 0 bridgehead atoms. The first-order chi connectivity index (χ1) is 13.9. The third-order valence-corrected chi connectivity index (χ3v) is 5.61. The van der Waals surface area contributed by atoms with Crippen LogP contribution in [0.3, 0.4) is 0 Å². The van der Waals surface area contributed by atoms with Crippen LogP contribution in [-0.4, -0.2) is 28.6 Å². The minimum Gasteiger partial charge on any atom is -0.396 e. The maximum absolute atomic E-state index is 14.4. The number of rotatable bonds is 5. The molecular weight excluding hydrogens is 381 g/mol. The van der Waals surface area contributed by atoms with Gasteiger partial charge in [0.2, 0.25) is 5.91 Å². The van der Waals surface area contributed by atoms with Gasteiger partial charge >= 0.3 is 0 Å². The maximum Gasteiger partial charge on any atom is 0.225 e. The molecule has 1 amide bonds. The molecular formula is C22H21F3N2O2. The van der Waals surface area contributed by atoms with E-state index in [1.54, 1.807) is 19.1 Å². The number of aliphatic hydroxyl groups excluding tert-OH is 1. The first-order valence-electron chi connectivity index (χ1n) is 9.55. The van der Waals surface area contributed by atoms with Gasteiger partial charge in [0.05, 0.1) is 23.7 Å². The summed E-state index contributed by atoms with van der Waals surface area (Å²) in [5.41, 5.74) is 2.29. The van der Waals surface area contributed by atoms with E-state index in [0.717, 1.165) is 11.6 Å². The van der Waals surface area contributed by atoms with Crippen molar-refractivity contribution >= 4 is 16.8 Å². The number of nitrogens with one attached hydrogen (secondary N) is 2. The summed E-state index contributed by atoms with van der Waals surface area (Å²) in [6.45, 7) is 1.42. The minimum absolute atomic E-state index is 0.0141. The molecule has 1 aromatic heterocycles. The number of amides is 1. The number of carbonyl (C=O) groups is 1. The van der Waals surface area contributed by atoms with Crippen LogP contribution < -0.4 is 5.32 Å². The monoisotopic (exact) mass is 402 g/mol. The number of aromatic amines is 1. The number of carbonyl (C=O) groups excluding carboxylic acids is 1. The third-order valence-electron chi connectivity index (χ3n) is 5.61. The number of halogens is 3. The molecule has 1 aliphatic carbocycles. The minimum atomic E-state index is -0.685. The Morgan fingerprint density at radius 3 is 2.52 bits per heavy atom. The van der Waals surface area contributed by atoms with Crippen LogP contribution in [-0.2, 0) is 4.79 Å². The summed E-state index contributed by atoms with van der Waals surface area (Å²) >= 11 is 0. The number of benzene rings is 2. The van der Waals surface area contributed by atoms with Gasteiger partial charge in [0.1, 0.15) is 17.5 Å². The molecule has 1 aliphatic rings. The van der Waals surface area contributed by atoms with Gasteiger partial charge in [-0.1, -0.05) is 6.92 Å². The van der Waals surface area contributed by atoms with E-state index >= 15 is 0 Å². The molecule has 7 heteroatoms. The zero-order chi connectivity index (χ0) is 20.7. The van der Waals surface area contributed by atoms with Gasteiger partial charge in [0, 0.05) is 17.5 Å². The van der Waals surface area contributed by atoms with Crippen LogP contribution in [0.15, 0.2) is 36.4 Å². The third kappa shape index (κ3) is 3.62. The lowest BCUT2D eigenvalue weighted by Crippen LogP contribution is -2.45. The Morgan fingerprint density at radius 1 is 1.17 bits per heavy atom. The highest BCUT2D eigenvalue weighted by molar-refractivity contribution is 5.92. The van der Waals surface area contributed by atoms with Crippen molar-refractivity contribution in [1.29, 1.82) is 0 Å². The molecule has 1 unspecified atom stereocenters. The van der Waals surface area contributed by atoms with Crippen LogP contribution in [0.5, 0.6) is 0 Å². The van der Waals surface area contributed by atoms with Gasteiger partial charge in [-0.2, -0.15) is 0 Å². The average Bonchev–Trinajstić information content (AvgIpc) is 3.03. The molecule has 0 aliphatic heterocycles. The van der Waals surface area contributed by atoms with Gasteiger partial charge in [-0.15, -0.1) is 0 Å². The molecule has 1 atom stereocenters. The smallest absolute Gasteiger partial charge is 0.225 e.